The molecule has 2 unspecified atom stereocenters. The number of likely N-dealkylation sites (tertiary alicyclic amines) is 1. The highest BCUT2D eigenvalue weighted by atomic mass is 16.6. The van der Waals surface area contributed by atoms with E-state index in [1.54, 1.807) is 24.0 Å². The Kier molecular flexibility index (Phi) is 4.57. The Morgan fingerprint density at radius 1 is 1.52 bits per heavy atom. The number of hydrogen-bond donors (Lipinski definition) is 1. The van der Waals surface area contributed by atoms with E-state index >= 15 is 0 Å². The maximum Gasteiger partial charge on any atom is 0.273 e. The summed E-state index contributed by atoms with van der Waals surface area (Å²) in [7, 11) is 0. The van der Waals surface area contributed by atoms with Crippen LogP contribution in [0.15, 0.2) is 18.2 Å². The average molecular weight is 291 g/mol. The molecular formula is C15H21N3O3. The highest BCUT2D eigenvalue weighted by Crippen LogP contribution is 2.26. The Hall–Kier alpha value is -1.95. The number of nitro benzene ring substituents is 1. The lowest BCUT2D eigenvalue weighted by molar-refractivity contribution is -0.385. The summed E-state index contributed by atoms with van der Waals surface area (Å²) in [4.78, 5) is 24.9. The first-order chi connectivity index (χ1) is 9.95. The normalized spacial score (nSPS) is 22.1. The molecule has 1 fully saturated rings. The van der Waals surface area contributed by atoms with Crippen LogP contribution in [0.25, 0.3) is 0 Å². The Bertz CT molecular complexity index is 559. The van der Waals surface area contributed by atoms with Crippen LogP contribution >= 0.6 is 0 Å². The first-order valence-electron chi connectivity index (χ1n) is 7.19. The van der Waals surface area contributed by atoms with Gasteiger partial charge >= 0.3 is 0 Å². The number of nitrogens with two attached hydrogens (primary N) is 1. The molecule has 21 heavy (non-hydrogen) atoms. The molecule has 6 nitrogen and oxygen atoms in total. The third-order valence-corrected chi connectivity index (χ3v) is 4.44. The fourth-order valence-corrected chi connectivity index (χ4v) is 2.86. The average Bonchev–Trinajstić information content (AvgIpc) is 2.47. The van der Waals surface area contributed by atoms with E-state index in [9.17, 15) is 14.9 Å². The van der Waals surface area contributed by atoms with Crippen LogP contribution in [0.5, 0.6) is 0 Å². The fraction of sp³-hybridized carbons (Fsp3) is 0.533. The van der Waals surface area contributed by atoms with Gasteiger partial charge in [0.05, 0.1) is 4.92 Å². The standard InChI is InChI=1S/C15H21N3O3/c1-10-6-7-17(9-12(10)8-16)15(19)13-4-3-5-14(11(13)2)18(20)21/h3-5,10,12H,6-9,16H2,1-2H3. The minimum atomic E-state index is -0.451. The number of nitro groups is 1. The highest BCUT2D eigenvalue weighted by Gasteiger charge is 2.30. The van der Waals surface area contributed by atoms with Crippen LogP contribution in [-0.4, -0.2) is 35.4 Å². The number of carbonyl (C=O) groups excluding carboxylic acids is 1. The second-order valence-corrected chi connectivity index (χ2v) is 5.72. The van der Waals surface area contributed by atoms with Gasteiger partial charge in [-0.05, 0) is 37.8 Å². The second kappa shape index (κ2) is 6.22. The third kappa shape index (κ3) is 3.05. The first kappa shape index (κ1) is 15.4. The van der Waals surface area contributed by atoms with E-state index in [-0.39, 0.29) is 11.6 Å². The minimum Gasteiger partial charge on any atom is -0.338 e. The fourth-order valence-electron chi connectivity index (χ4n) is 2.86. The number of nitrogens with zero attached hydrogens (tertiary/aromatic N) is 2. The van der Waals surface area contributed by atoms with Gasteiger partial charge in [-0.2, -0.15) is 0 Å². The predicted molar refractivity (Wildman–Crippen MR) is 80.1 cm³/mol. The molecule has 1 aromatic carbocycles. The first-order valence-corrected chi connectivity index (χ1v) is 7.19. The summed E-state index contributed by atoms with van der Waals surface area (Å²) < 4.78 is 0. The summed E-state index contributed by atoms with van der Waals surface area (Å²) >= 11 is 0. The van der Waals surface area contributed by atoms with Gasteiger partial charge < -0.3 is 10.6 Å². The molecule has 1 aliphatic heterocycles. The van der Waals surface area contributed by atoms with Crippen molar-refractivity contribution >= 4 is 11.6 Å². The van der Waals surface area contributed by atoms with Crippen LogP contribution in [0.4, 0.5) is 5.69 Å². The Morgan fingerprint density at radius 2 is 2.24 bits per heavy atom. The summed E-state index contributed by atoms with van der Waals surface area (Å²) in [5, 5.41) is 11.0. The van der Waals surface area contributed by atoms with Crippen LogP contribution in [0.3, 0.4) is 0 Å². The van der Waals surface area contributed by atoms with Crippen molar-refractivity contribution in [3.05, 3.63) is 39.4 Å². The summed E-state index contributed by atoms with van der Waals surface area (Å²) in [5.41, 5.74) is 6.59. The number of amides is 1. The van der Waals surface area contributed by atoms with Gasteiger partial charge in [0, 0.05) is 30.3 Å². The predicted octanol–water partition coefficient (Wildman–Crippen LogP) is 1.96. The number of piperidine rings is 1. The molecular weight excluding hydrogens is 270 g/mol. The van der Waals surface area contributed by atoms with Crippen molar-refractivity contribution in [3.8, 4) is 0 Å². The molecule has 1 saturated heterocycles. The zero-order valence-corrected chi connectivity index (χ0v) is 12.4. The Balaban J connectivity index is 2.25. The molecule has 0 bridgehead atoms. The van der Waals surface area contributed by atoms with Crippen LogP contribution in [-0.2, 0) is 0 Å². The van der Waals surface area contributed by atoms with Crippen molar-refractivity contribution < 1.29 is 9.72 Å². The molecule has 2 rings (SSSR count). The van der Waals surface area contributed by atoms with Crippen LogP contribution in [0.2, 0.25) is 0 Å². The van der Waals surface area contributed by atoms with Gasteiger partial charge in [0.15, 0.2) is 0 Å². The zero-order valence-electron chi connectivity index (χ0n) is 12.4. The summed E-state index contributed by atoms with van der Waals surface area (Å²) in [6, 6.07) is 4.64. The molecule has 2 atom stereocenters. The molecule has 1 amide bonds. The van der Waals surface area contributed by atoms with Crippen molar-refractivity contribution in [2.75, 3.05) is 19.6 Å². The number of benzene rings is 1. The molecule has 1 aliphatic rings. The molecule has 0 aliphatic carbocycles. The molecule has 114 valence electrons. The van der Waals surface area contributed by atoms with Crippen molar-refractivity contribution in [1.29, 1.82) is 0 Å². The third-order valence-electron chi connectivity index (χ3n) is 4.44. The van der Waals surface area contributed by atoms with Gasteiger partial charge in [-0.3, -0.25) is 14.9 Å². The van der Waals surface area contributed by atoms with Crippen LogP contribution in [0, 0.1) is 28.9 Å². The van der Waals surface area contributed by atoms with Gasteiger partial charge in [0.1, 0.15) is 0 Å². The second-order valence-electron chi connectivity index (χ2n) is 5.72. The lowest BCUT2D eigenvalue weighted by Crippen LogP contribution is -2.45. The summed E-state index contributed by atoms with van der Waals surface area (Å²) in [6.45, 7) is 5.63. The maximum absolute atomic E-state index is 12.6. The largest absolute Gasteiger partial charge is 0.338 e. The van der Waals surface area contributed by atoms with Crippen LogP contribution in [0.1, 0.15) is 29.3 Å². The number of hydrogen-bond acceptors (Lipinski definition) is 4. The smallest absolute Gasteiger partial charge is 0.273 e. The van der Waals surface area contributed by atoms with Gasteiger partial charge in [0.2, 0.25) is 0 Å². The monoisotopic (exact) mass is 291 g/mol. The van der Waals surface area contributed by atoms with Gasteiger partial charge in [0.25, 0.3) is 11.6 Å². The lowest BCUT2D eigenvalue weighted by atomic mass is 9.87. The van der Waals surface area contributed by atoms with Crippen molar-refractivity contribution in [2.45, 2.75) is 20.3 Å². The molecule has 0 spiro atoms. The molecule has 1 heterocycles. The minimum absolute atomic E-state index is 0.0124. The van der Waals surface area contributed by atoms with Gasteiger partial charge in [-0.25, -0.2) is 0 Å². The summed E-state index contributed by atoms with van der Waals surface area (Å²) in [5.74, 6) is 0.661. The number of rotatable bonds is 3. The highest BCUT2D eigenvalue weighted by molar-refractivity contribution is 5.96. The lowest BCUT2D eigenvalue weighted by Gasteiger charge is -2.36. The summed E-state index contributed by atoms with van der Waals surface area (Å²) in [6.07, 6.45) is 0.918. The zero-order chi connectivity index (χ0) is 15.6. The Labute approximate surface area is 124 Å². The topological polar surface area (TPSA) is 89.5 Å². The van der Waals surface area contributed by atoms with Crippen molar-refractivity contribution in [2.24, 2.45) is 17.6 Å². The van der Waals surface area contributed by atoms with Crippen LogP contribution < -0.4 is 5.73 Å². The molecule has 6 heteroatoms. The number of carbonyl (C=O) groups is 1. The SMILES string of the molecule is Cc1c(C(=O)N2CCC(C)C(CN)C2)cccc1[N+](=O)[O-]. The van der Waals surface area contributed by atoms with E-state index in [2.05, 4.69) is 6.92 Å². The van der Waals surface area contributed by atoms with E-state index in [1.165, 1.54) is 6.07 Å². The molecule has 0 aromatic heterocycles. The van der Waals surface area contributed by atoms with Crippen molar-refractivity contribution in [1.82, 2.24) is 4.90 Å². The molecule has 2 N–H and O–H groups in total. The van der Waals surface area contributed by atoms with Gasteiger partial charge in [-0.15, -0.1) is 0 Å². The maximum atomic E-state index is 12.6. The molecule has 0 radical (unpaired) electrons. The quantitative estimate of drug-likeness (QED) is 0.681. The van der Waals surface area contributed by atoms with E-state index < -0.39 is 4.92 Å². The molecule has 1 aromatic rings. The van der Waals surface area contributed by atoms with E-state index in [0.29, 0.717) is 42.6 Å². The van der Waals surface area contributed by atoms with Crippen molar-refractivity contribution in [3.63, 3.8) is 0 Å². The molecule has 0 saturated carbocycles. The van der Waals surface area contributed by atoms with E-state index in [4.69, 9.17) is 5.73 Å². The van der Waals surface area contributed by atoms with Gasteiger partial charge in [-0.1, -0.05) is 13.0 Å². The van der Waals surface area contributed by atoms with E-state index in [1.807, 2.05) is 0 Å². The Morgan fingerprint density at radius 3 is 2.86 bits per heavy atom. The van der Waals surface area contributed by atoms with E-state index in [0.717, 1.165) is 6.42 Å².